The Morgan fingerprint density at radius 1 is 0.868 bits per heavy atom. The van der Waals surface area contributed by atoms with Crippen LogP contribution < -0.4 is 20.7 Å². The summed E-state index contributed by atoms with van der Waals surface area (Å²) in [5, 5.41) is 7.06. The number of alkyl halides is 3. The van der Waals surface area contributed by atoms with Crippen LogP contribution in [0, 0.1) is 17.8 Å². The van der Waals surface area contributed by atoms with E-state index in [0.717, 1.165) is 12.1 Å². The number of hydrogen-bond donors (Lipinski definition) is 4. The zero-order valence-corrected chi connectivity index (χ0v) is 41.6. The molecule has 380 valence electrons. The number of rotatable bonds is 22. The Morgan fingerprint density at radius 2 is 1.49 bits per heavy atom. The number of anilines is 1. The Hall–Kier alpha value is -5.28. The van der Waals surface area contributed by atoms with Gasteiger partial charge in [-0.25, -0.2) is 13.2 Å². The van der Waals surface area contributed by atoms with Gasteiger partial charge in [-0.05, 0) is 68.7 Å². The largest absolute Gasteiger partial charge is 0.471 e. The van der Waals surface area contributed by atoms with E-state index in [1.54, 1.807) is 89.1 Å². The first-order chi connectivity index (χ1) is 31.6. The Kier molecular flexibility index (Phi) is 20.8. The maximum Gasteiger partial charge on any atom is 0.471 e. The van der Waals surface area contributed by atoms with Crippen LogP contribution in [-0.2, 0) is 60.4 Å². The van der Waals surface area contributed by atoms with Gasteiger partial charge in [0.25, 0.3) is 5.91 Å². The molecule has 1 aliphatic rings. The van der Waals surface area contributed by atoms with Crippen LogP contribution in [-0.4, -0.2) is 130 Å². The first kappa shape index (κ1) is 57.0. The third kappa shape index (κ3) is 16.7. The number of nitrogens with one attached hydrogen (secondary N) is 4. The summed E-state index contributed by atoms with van der Waals surface area (Å²) in [5.74, 6) is -6.79. The number of hydrogen-bond acceptors (Lipinski definition) is 11. The molecule has 1 saturated heterocycles. The highest BCUT2D eigenvalue weighted by Gasteiger charge is 2.44. The van der Waals surface area contributed by atoms with Gasteiger partial charge in [0, 0.05) is 39.9 Å². The molecule has 1 aliphatic heterocycles. The molecule has 17 nitrogen and oxygen atoms in total. The number of nitrogens with zero attached hydrogens (tertiary/aromatic N) is 2. The molecule has 0 aromatic heterocycles. The summed E-state index contributed by atoms with van der Waals surface area (Å²) in [7, 11) is 0.0593. The van der Waals surface area contributed by atoms with Crippen molar-refractivity contribution >= 4 is 51.3 Å². The van der Waals surface area contributed by atoms with Crippen molar-refractivity contribution in [1.82, 2.24) is 25.2 Å². The number of carbonyl (C=O) groups excluding carboxylic acids is 6. The number of likely N-dealkylation sites (tertiary alicyclic amines) is 1. The number of methoxy groups -OCH3 is 2. The standard InChI is InChI=1S/C47H69F3N6O11S/c1-12-29(4)39(55(9)43(60)38(28(2)3)53-45(62)67-46(6,7)8)36(65-10)26-37(57)56-24-16-19-35(56)40(66-11)30(5)41(58)52-34(25-31-17-14-13-15-18-31)42(59)54-68(63,64)27-32-20-22-33(23-21-32)51-44(61)47(48,49)50/h13-15,17-18,20-23,28-30,34-36,38-40H,12,16,19,24-27H2,1-11H3,(H,51,61)(H,52,58)(H,53,62)(H,54,59)/t29?,30-,34+,35+,36-,38+,39+,40-/m1/s1. The van der Waals surface area contributed by atoms with Crippen molar-refractivity contribution < 1.29 is 64.6 Å². The molecule has 8 atom stereocenters. The molecule has 1 unspecified atom stereocenters. The lowest BCUT2D eigenvalue weighted by Gasteiger charge is -2.40. The van der Waals surface area contributed by atoms with E-state index in [9.17, 15) is 50.4 Å². The molecule has 1 heterocycles. The summed E-state index contributed by atoms with van der Waals surface area (Å²) < 4.78 is 83.8. The number of sulfonamides is 1. The molecular formula is C47H69F3N6O11S. The number of amides is 6. The predicted octanol–water partition coefficient (Wildman–Crippen LogP) is 5.33. The van der Waals surface area contributed by atoms with E-state index in [1.165, 1.54) is 31.3 Å². The minimum Gasteiger partial charge on any atom is -0.444 e. The van der Waals surface area contributed by atoms with Gasteiger partial charge in [-0.3, -0.25) is 28.7 Å². The Labute approximate surface area is 398 Å². The quantitative estimate of drug-likeness (QED) is 0.118. The number of alkyl carbamates (subject to hydrolysis) is 1. The van der Waals surface area contributed by atoms with Crippen LogP contribution in [0.15, 0.2) is 54.6 Å². The smallest absolute Gasteiger partial charge is 0.444 e. The van der Waals surface area contributed by atoms with E-state index in [2.05, 4.69) is 10.6 Å². The highest BCUT2D eigenvalue weighted by atomic mass is 32.2. The van der Waals surface area contributed by atoms with Crippen molar-refractivity contribution in [2.75, 3.05) is 33.1 Å². The Morgan fingerprint density at radius 3 is 2.01 bits per heavy atom. The summed E-state index contributed by atoms with van der Waals surface area (Å²) in [6.07, 6.45) is -6.07. The molecule has 6 amide bonds. The van der Waals surface area contributed by atoms with Gasteiger partial charge in [0.1, 0.15) is 17.7 Å². The van der Waals surface area contributed by atoms with Gasteiger partial charge in [-0.1, -0.05) is 83.5 Å². The number of carbonyl (C=O) groups is 6. The first-order valence-electron chi connectivity index (χ1n) is 22.6. The normalized spacial score (nSPS) is 17.5. The van der Waals surface area contributed by atoms with E-state index >= 15 is 0 Å². The van der Waals surface area contributed by atoms with Crippen LogP contribution in [0.1, 0.15) is 92.2 Å². The van der Waals surface area contributed by atoms with Crippen molar-refractivity contribution in [1.29, 1.82) is 0 Å². The fraction of sp³-hybridized carbons (Fsp3) is 0.617. The molecule has 0 saturated carbocycles. The molecule has 4 N–H and O–H groups in total. The van der Waals surface area contributed by atoms with Crippen molar-refractivity contribution in [2.24, 2.45) is 17.8 Å². The first-order valence-corrected chi connectivity index (χ1v) is 24.2. The lowest BCUT2D eigenvalue weighted by molar-refractivity contribution is -0.167. The van der Waals surface area contributed by atoms with Crippen molar-refractivity contribution in [3.63, 3.8) is 0 Å². The van der Waals surface area contributed by atoms with E-state index in [0.29, 0.717) is 31.4 Å². The van der Waals surface area contributed by atoms with Crippen LogP contribution in [0.2, 0.25) is 0 Å². The third-order valence-corrected chi connectivity index (χ3v) is 13.1. The Balaban J connectivity index is 1.80. The van der Waals surface area contributed by atoms with Crippen LogP contribution >= 0.6 is 0 Å². The molecule has 0 aliphatic carbocycles. The summed E-state index contributed by atoms with van der Waals surface area (Å²) in [6.45, 7) is 14.6. The minimum absolute atomic E-state index is 0.0891. The van der Waals surface area contributed by atoms with Crippen molar-refractivity contribution in [3.05, 3.63) is 65.7 Å². The summed E-state index contributed by atoms with van der Waals surface area (Å²) in [5.41, 5.74) is -0.328. The molecule has 1 fully saturated rings. The fourth-order valence-electron chi connectivity index (χ4n) is 8.20. The predicted molar refractivity (Wildman–Crippen MR) is 248 cm³/mol. The maximum absolute atomic E-state index is 14.3. The van der Waals surface area contributed by atoms with Crippen molar-refractivity contribution in [2.45, 2.75) is 141 Å². The van der Waals surface area contributed by atoms with E-state index < -0.39 is 93.7 Å². The number of halogens is 3. The molecule has 0 bridgehead atoms. The summed E-state index contributed by atoms with van der Waals surface area (Å²) in [6, 6.07) is 9.55. The molecule has 68 heavy (non-hydrogen) atoms. The van der Waals surface area contributed by atoms with Gasteiger partial charge in [0.05, 0.1) is 42.4 Å². The third-order valence-electron chi connectivity index (χ3n) is 11.9. The van der Waals surface area contributed by atoms with Gasteiger partial charge in [0.15, 0.2) is 0 Å². The topological polar surface area (TPSA) is 219 Å². The fourth-order valence-corrected chi connectivity index (χ4v) is 9.35. The highest BCUT2D eigenvalue weighted by molar-refractivity contribution is 7.89. The molecule has 0 spiro atoms. The number of likely N-dealkylation sites (N-methyl/N-ethyl adjacent to an activating group) is 1. The average Bonchev–Trinajstić information content (AvgIpc) is 3.74. The van der Waals surface area contributed by atoms with E-state index in [4.69, 9.17) is 14.2 Å². The SMILES string of the molecule is CCC(C)[C@@H]([C@@H](CC(=O)N1CCC[C@H]1[C@H](OC)[C@@H](C)C(=O)N[C@@H](Cc1ccccc1)C(=O)NS(=O)(=O)Cc1ccc(NC(=O)C(F)(F)F)cc1)OC)N(C)C(=O)[C@@H](NC(=O)OC(C)(C)C)C(C)C. The van der Waals surface area contributed by atoms with Crippen LogP contribution in [0.5, 0.6) is 0 Å². The summed E-state index contributed by atoms with van der Waals surface area (Å²) >= 11 is 0. The second kappa shape index (κ2) is 24.8. The zero-order chi connectivity index (χ0) is 51.3. The van der Waals surface area contributed by atoms with Gasteiger partial charge >= 0.3 is 18.2 Å². The second-order valence-corrected chi connectivity index (χ2v) is 20.3. The lowest BCUT2D eigenvalue weighted by atomic mass is 9.89. The van der Waals surface area contributed by atoms with Gasteiger partial charge in [0.2, 0.25) is 27.7 Å². The molecule has 2 aromatic carbocycles. The van der Waals surface area contributed by atoms with Gasteiger partial charge in [-0.15, -0.1) is 0 Å². The Bertz CT molecular complexity index is 2140. The average molecular weight is 983 g/mol. The second-order valence-electron chi connectivity index (χ2n) is 18.6. The summed E-state index contributed by atoms with van der Waals surface area (Å²) in [4.78, 5) is 83.5. The van der Waals surface area contributed by atoms with E-state index in [-0.39, 0.29) is 47.7 Å². The lowest BCUT2D eigenvalue weighted by Crippen LogP contribution is -2.58. The van der Waals surface area contributed by atoms with Crippen molar-refractivity contribution in [3.8, 4) is 0 Å². The highest BCUT2D eigenvalue weighted by Crippen LogP contribution is 2.30. The van der Waals surface area contributed by atoms with Crippen LogP contribution in [0.4, 0.5) is 23.7 Å². The maximum atomic E-state index is 14.3. The van der Waals surface area contributed by atoms with E-state index in [1.807, 2.05) is 18.6 Å². The molecule has 3 rings (SSSR count). The zero-order valence-electron chi connectivity index (χ0n) is 40.8. The monoisotopic (exact) mass is 982 g/mol. The van der Waals surface area contributed by atoms with Gasteiger partial charge in [-0.2, -0.15) is 13.2 Å². The molecule has 0 radical (unpaired) electrons. The minimum atomic E-state index is -5.13. The van der Waals surface area contributed by atoms with Crippen LogP contribution in [0.3, 0.4) is 0 Å². The van der Waals surface area contributed by atoms with Crippen LogP contribution in [0.25, 0.3) is 0 Å². The number of benzene rings is 2. The molecular weight excluding hydrogens is 914 g/mol. The van der Waals surface area contributed by atoms with Gasteiger partial charge < -0.3 is 40.0 Å². The number of ether oxygens (including phenoxy) is 3. The molecule has 21 heteroatoms. The molecule has 2 aromatic rings.